The van der Waals surface area contributed by atoms with Gasteiger partial charge in [0.1, 0.15) is 11.6 Å². The van der Waals surface area contributed by atoms with E-state index in [0.717, 1.165) is 40.2 Å². The average Bonchev–Trinajstić information content (AvgIpc) is 2.74. The van der Waals surface area contributed by atoms with Crippen LogP contribution in [-0.4, -0.2) is 21.9 Å². The molecule has 0 saturated heterocycles. The van der Waals surface area contributed by atoms with Crippen LogP contribution in [-0.2, 0) is 19.5 Å². The molecule has 2 N–H and O–H groups in total. The number of aryl methyl sites for hydroxylation is 1. The number of hydrogen-bond donors (Lipinski definition) is 1. The van der Waals surface area contributed by atoms with E-state index in [0.29, 0.717) is 6.54 Å². The molecule has 0 aliphatic carbocycles. The molecule has 1 aliphatic rings. The van der Waals surface area contributed by atoms with Gasteiger partial charge in [-0.2, -0.15) is 0 Å². The van der Waals surface area contributed by atoms with Crippen molar-refractivity contribution >= 4 is 11.8 Å². The summed E-state index contributed by atoms with van der Waals surface area (Å²) < 4.78 is 7.56. The van der Waals surface area contributed by atoms with Gasteiger partial charge < -0.3 is 15.0 Å². The molecule has 0 radical (unpaired) electrons. The van der Waals surface area contributed by atoms with Crippen LogP contribution in [0, 0.1) is 0 Å². The van der Waals surface area contributed by atoms with Gasteiger partial charge in [0.15, 0.2) is 5.16 Å². The Morgan fingerprint density at radius 2 is 2.19 bits per heavy atom. The molecule has 112 valence electrons. The van der Waals surface area contributed by atoms with Crippen molar-refractivity contribution in [2.45, 2.75) is 48.8 Å². The smallest absolute Gasteiger partial charge is 0.196 e. The maximum absolute atomic E-state index is 5.84. The van der Waals surface area contributed by atoms with Gasteiger partial charge in [0, 0.05) is 24.4 Å². The zero-order valence-corrected chi connectivity index (χ0v) is 13.0. The van der Waals surface area contributed by atoms with E-state index >= 15 is 0 Å². The maximum Gasteiger partial charge on any atom is 0.196 e. The Labute approximate surface area is 128 Å². The Balaban J connectivity index is 1.91. The van der Waals surface area contributed by atoms with E-state index in [9.17, 15) is 0 Å². The summed E-state index contributed by atoms with van der Waals surface area (Å²) >= 11 is 1.63. The Bertz CT molecular complexity index is 626. The van der Waals surface area contributed by atoms with Crippen molar-refractivity contribution in [2.24, 2.45) is 5.73 Å². The SMILES string of the molecule is COc1ccc(CN)c(Sc2nnc3n2CCCCC3)c1. The lowest BCUT2D eigenvalue weighted by molar-refractivity contribution is 0.413. The van der Waals surface area contributed by atoms with Crippen LogP contribution in [0.1, 0.15) is 30.7 Å². The molecule has 0 bridgehead atoms. The maximum atomic E-state index is 5.84. The Morgan fingerprint density at radius 1 is 1.29 bits per heavy atom. The monoisotopic (exact) mass is 304 g/mol. The molecule has 1 aromatic carbocycles. The molecule has 0 saturated carbocycles. The highest BCUT2D eigenvalue weighted by Gasteiger charge is 2.16. The molecule has 0 fully saturated rings. The summed E-state index contributed by atoms with van der Waals surface area (Å²) in [6, 6.07) is 5.97. The highest BCUT2D eigenvalue weighted by molar-refractivity contribution is 7.99. The quantitative estimate of drug-likeness (QED) is 0.940. The minimum atomic E-state index is 0.507. The highest BCUT2D eigenvalue weighted by atomic mass is 32.2. The number of hydrogen-bond acceptors (Lipinski definition) is 5. The molecular weight excluding hydrogens is 284 g/mol. The lowest BCUT2D eigenvalue weighted by Gasteiger charge is -2.10. The third-order valence-corrected chi connectivity index (χ3v) is 4.86. The number of aromatic nitrogens is 3. The summed E-state index contributed by atoms with van der Waals surface area (Å²) in [6.45, 7) is 1.51. The molecule has 2 aromatic rings. The second-order valence-electron chi connectivity index (χ2n) is 5.14. The molecule has 1 aromatic heterocycles. The topological polar surface area (TPSA) is 66.0 Å². The van der Waals surface area contributed by atoms with Crippen LogP contribution in [0.25, 0.3) is 0 Å². The lowest BCUT2D eigenvalue weighted by atomic mass is 10.2. The van der Waals surface area contributed by atoms with Gasteiger partial charge in [-0.05, 0) is 42.3 Å². The average molecular weight is 304 g/mol. The van der Waals surface area contributed by atoms with Crippen LogP contribution in [0.4, 0.5) is 0 Å². The fourth-order valence-electron chi connectivity index (χ4n) is 2.56. The van der Waals surface area contributed by atoms with Crippen LogP contribution in [0.5, 0.6) is 5.75 Å². The normalized spacial score (nSPS) is 14.6. The molecule has 2 heterocycles. The number of benzene rings is 1. The predicted octanol–water partition coefficient (Wildman–Crippen LogP) is 2.62. The van der Waals surface area contributed by atoms with E-state index in [2.05, 4.69) is 14.8 Å². The summed E-state index contributed by atoms with van der Waals surface area (Å²) in [5.41, 5.74) is 6.94. The van der Waals surface area contributed by atoms with Crippen molar-refractivity contribution in [2.75, 3.05) is 7.11 Å². The summed E-state index contributed by atoms with van der Waals surface area (Å²) in [7, 11) is 1.68. The van der Waals surface area contributed by atoms with E-state index in [1.165, 1.54) is 19.3 Å². The Kier molecular flexibility index (Phi) is 4.45. The van der Waals surface area contributed by atoms with Crippen molar-refractivity contribution in [3.8, 4) is 5.75 Å². The Hall–Kier alpha value is -1.53. The third kappa shape index (κ3) is 3.06. The molecule has 5 nitrogen and oxygen atoms in total. The molecular formula is C15H20N4OS. The van der Waals surface area contributed by atoms with Gasteiger partial charge in [-0.1, -0.05) is 12.5 Å². The van der Waals surface area contributed by atoms with E-state index < -0.39 is 0 Å². The largest absolute Gasteiger partial charge is 0.497 e. The summed E-state index contributed by atoms with van der Waals surface area (Å²) in [5.74, 6) is 1.94. The van der Waals surface area contributed by atoms with Gasteiger partial charge in [-0.3, -0.25) is 0 Å². The molecule has 6 heteroatoms. The van der Waals surface area contributed by atoms with Gasteiger partial charge in [-0.25, -0.2) is 0 Å². The summed E-state index contributed by atoms with van der Waals surface area (Å²) in [5, 5.41) is 9.65. The summed E-state index contributed by atoms with van der Waals surface area (Å²) in [4.78, 5) is 1.09. The highest BCUT2D eigenvalue weighted by Crippen LogP contribution is 2.33. The van der Waals surface area contributed by atoms with E-state index in [1.807, 2.05) is 18.2 Å². The standard InChI is InChI=1S/C15H20N4OS/c1-20-12-7-6-11(10-16)13(9-12)21-15-18-17-14-5-3-2-4-8-19(14)15/h6-7,9H,2-5,8,10,16H2,1H3. The van der Waals surface area contributed by atoms with Crippen molar-refractivity contribution < 1.29 is 4.74 Å². The van der Waals surface area contributed by atoms with Gasteiger partial charge in [-0.15, -0.1) is 10.2 Å². The molecule has 3 rings (SSSR count). The fraction of sp³-hybridized carbons (Fsp3) is 0.467. The van der Waals surface area contributed by atoms with Crippen LogP contribution in [0.3, 0.4) is 0 Å². The van der Waals surface area contributed by atoms with Crippen LogP contribution in [0.2, 0.25) is 0 Å². The zero-order chi connectivity index (χ0) is 14.7. The molecule has 21 heavy (non-hydrogen) atoms. The van der Waals surface area contributed by atoms with Crippen LogP contribution in [0.15, 0.2) is 28.3 Å². The van der Waals surface area contributed by atoms with E-state index in [1.54, 1.807) is 18.9 Å². The second kappa shape index (κ2) is 6.49. The van der Waals surface area contributed by atoms with Crippen LogP contribution < -0.4 is 10.5 Å². The molecule has 1 aliphatic heterocycles. The van der Waals surface area contributed by atoms with Crippen molar-refractivity contribution in [3.05, 3.63) is 29.6 Å². The number of nitrogens with two attached hydrogens (primary N) is 1. The first-order valence-electron chi connectivity index (χ1n) is 7.28. The number of fused-ring (bicyclic) bond motifs is 1. The van der Waals surface area contributed by atoms with E-state index in [-0.39, 0.29) is 0 Å². The van der Waals surface area contributed by atoms with Crippen LogP contribution >= 0.6 is 11.8 Å². The minimum absolute atomic E-state index is 0.507. The van der Waals surface area contributed by atoms with Gasteiger partial charge >= 0.3 is 0 Å². The minimum Gasteiger partial charge on any atom is -0.497 e. The van der Waals surface area contributed by atoms with E-state index in [4.69, 9.17) is 10.5 Å². The first-order valence-corrected chi connectivity index (χ1v) is 8.10. The molecule has 0 amide bonds. The second-order valence-corrected chi connectivity index (χ2v) is 6.15. The lowest BCUT2D eigenvalue weighted by Crippen LogP contribution is -2.03. The first-order chi connectivity index (χ1) is 10.3. The Morgan fingerprint density at radius 3 is 3.00 bits per heavy atom. The fourth-order valence-corrected chi connectivity index (χ4v) is 3.60. The molecule has 0 spiro atoms. The molecule has 0 unspecified atom stereocenters. The van der Waals surface area contributed by atoms with Crippen molar-refractivity contribution in [3.63, 3.8) is 0 Å². The number of rotatable bonds is 4. The van der Waals surface area contributed by atoms with Gasteiger partial charge in [0.2, 0.25) is 0 Å². The molecule has 0 atom stereocenters. The van der Waals surface area contributed by atoms with Crippen molar-refractivity contribution in [1.82, 2.24) is 14.8 Å². The predicted molar refractivity (Wildman–Crippen MR) is 82.6 cm³/mol. The van der Waals surface area contributed by atoms with Crippen molar-refractivity contribution in [1.29, 1.82) is 0 Å². The number of nitrogens with zero attached hydrogens (tertiary/aromatic N) is 3. The number of ether oxygens (including phenoxy) is 1. The number of methoxy groups -OCH3 is 1. The van der Waals surface area contributed by atoms with Gasteiger partial charge in [0.05, 0.1) is 7.11 Å². The van der Waals surface area contributed by atoms with Gasteiger partial charge in [0.25, 0.3) is 0 Å². The first kappa shape index (κ1) is 14.4. The third-order valence-electron chi connectivity index (χ3n) is 3.77. The zero-order valence-electron chi connectivity index (χ0n) is 12.2. The summed E-state index contributed by atoms with van der Waals surface area (Å²) in [6.07, 6.45) is 4.69.